The van der Waals surface area contributed by atoms with Gasteiger partial charge in [0.05, 0.1) is 0 Å². The first-order chi connectivity index (χ1) is 7.42. The molecule has 0 amide bonds. The molecular weight excluding hydrogens is 199 g/mol. The van der Waals surface area contributed by atoms with Gasteiger partial charge in [-0.1, -0.05) is 39.0 Å². The van der Waals surface area contributed by atoms with Crippen LogP contribution >= 0.6 is 7.92 Å². The normalized spacial score (nSPS) is 35.4. The molecule has 0 nitrogen and oxygen atoms in total. The highest BCUT2D eigenvalue weighted by Gasteiger charge is 2.35. The fourth-order valence-electron chi connectivity index (χ4n) is 3.48. The molecule has 2 aliphatic rings. The van der Waals surface area contributed by atoms with Crippen molar-refractivity contribution in [3.8, 4) is 0 Å². The van der Waals surface area contributed by atoms with Crippen molar-refractivity contribution < 1.29 is 0 Å². The Morgan fingerprint density at radius 3 is 2.13 bits per heavy atom. The zero-order chi connectivity index (χ0) is 10.5. The van der Waals surface area contributed by atoms with Gasteiger partial charge in [-0.05, 0) is 49.6 Å². The predicted octanol–water partition coefficient (Wildman–Crippen LogP) is 5.15. The maximum Gasteiger partial charge on any atom is -0.0206 e. The Labute approximate surface area is 97.0 Å². The van der Waals surface area contributed by atoms with Crippen molar-refractivity contribution >= 4 is 7.92 Å². The number of hydrogen-bond donors (Lipinski definition) is 0. The SMILES string of the molecule is CCCCCCP1C2CCCCC1CC2. The van der Waals surface area contributed by atoms with Crippen LogP contribution in [0.2, 0.25) is 0 Å². The topological polar surface area (TPSA) is 0 Å². The zero-order valence-electron chi connectivity index (χ0n) is 10.4. The fourth-order valence-corrected chi connectivity index (χ4v) is 7.39. The Morgan fingerprint density at radius 1 is 0.867 bits per heavy atom. The lowest BCUT2D eigenvalue weighted by molar-refractivity contribution is 0.556. The summed E-state index contributed by atoms with van der Waals surface area (Å²) in [5, 5.41) is 0. The number of unbranched alkanes of at least 4 members (excludes halogenated alkanes) is 3. The van der Waals surface area contributed by atoms with Gasteiger partial charge in [0, 0.05) is 0 Å². The Morgan fingerprint density at radius 2 is 1.53 bits per heavy atom. The van der Waals surface area contributed by atoms with Gasteiger partial charge in [0.2, 0.25) is 0 Å². The fraction of sp³-hybridized carbons (Fsp3) is 1.00. The summed E-state index contributed by atoms with van der Waals surface area (Å²) in [6.07, 6.45) is 17.0. The quantitative estimate of drug-likeness (QED) is 0.449. The van der Waals surface area contributed by atoms with E-state index in [2.05, 4.69) is 6.92 Å². The third-order valence-corrected chi connectivity index (χ3v) is 8.11. The van der Waals surface area contributed by atoms with Crippen LogP contribution in [0.4, 0.5) is 0 Å². The van der Waals surface area contributed by atoms with E-state index in [1.807, 2.05) is 0 Å². The molecule has 2 atom stereocenters. The van der Waals surface area contributed by atoms with Crippen molar-refractivity contribution in [2.24, 2.45) is 0 Å². The number of hydrogen-bond acceptors (Lipinski definition) is 0. The largest absolute Gasteiger partial charge is 0.100 e. The lowest BCUT2D eigenvalue weighted by Gasteiger charge is -2.22. The summed E-state index contributed by atoms with van der Waals surface area (Å²) >= 11 is 0. The zero-order valence-corrected chi connectivity index (χ0v) is 11.3. The lowest BCUT2D eigenvalue weighted by Crippen LogP contribution is -2.03. The minimum Gasteiger partial charge on any atom is -0.100 e. The highest BCUT2D eigenvalue weighted by molar-refractivity contribution is 7.59. The second kappa shape index (κ2) is 6.24. The number of fused-ring (bicyclic) bond motifs is 2. The summed E-state index contributed by atoms with van der Waals surface area (Å²) in [6, 6.07) is 0. The minimum absolute atomic E-state index is 0.474. The molecule has 2 bridgehead atoms. The van der Waals surface area contributed by atoms with Gasteiger partial charge in [-0.25, -0.2) is 0 Å². The molecule has 0 aromatic rings. The Balaban J connectivity index is 1.75. The molecule has 2 unspecified atom stereocenters. The van der Waals surface area contributed by atoms with E-state index in [-0.39, 0.29) is 0 Å². The molecule has 1 heteroatoms. The van der Waals surface area contributed by atoms with Crippen LogP contribution in [0.3, 0.4) is 0 Å². The van der Waals surface area contributed by atoms with Crippen LogP contribution < -0.4 is 0 Å². The predicted molar refractivity (Wildman–Crippen MR) is 71.2 cm³/mol. The third kappa shape index (κ3) is 3.19. The molecule has 0 aliphatic carbocycles. The van der Waals surface area contributed by atoms with Crippen LogP contribution in [0.1, 0.15) is 71.1 Å². The van der Waals surface area contributed by atoms with Crippen LogP contribution in [-0.2, 0) is 0 Å². The van der Waals surface area contributed by atoms with Crippen molar-refractivity contribution in [1.82, 2.24) is 0 Å². The molecule has 2 fully saturated rings. The van der Waals surface area contributed by atoms with Crippen LogP contribution in [-0.4, -0.2) is 17.5 Å². The van der Waals surface area contributed by atoms with E-state index in [1.165, 1.54) is 30.6 Å². The van der Waals surface area contributed by atoms with Gasteiger partial charge in [0.25, 0.3) is 0 Å². The Hall–Kier alpha value is 0.430. The first-order valence-corrected chi connectivity index (χ1v) is 8.84. The van der Waals surface area contributed by atoms with Gasteiger partial charge >= 0.3 is 0 Å². The third-order valence-electron chi connectivity index (χ3n) is 4.37. The monoisotopic (exact) mass is 226 g/mol. The maximum absolute atomic E-state index is 2.32. The van der Waals surface area contributed by atoms with E-state index in [0.29, 0.717) is 7.92 Å². The molecule has 0 N–H and O–H groups in total. The van der Waals surface area contributed by atoms with E-state index in [0.717, 1.165) is 0 Å². The summed E-state index contributed by atoms with van der Waals surface area (Å²) < 4.78 is 0. The lowest BCUT2D eigenvalue weighted by atomic mass is 10.0. The van der Waals surface area contributed by atoms with Crippen LogP contribution in [0.5, 0.6) is 0 Å². The molecule has 0 spiro atoms. The van der Waals surface area contributed by atoms with E-state index >= 15 is 0 Å². The molecule has 2 saturated heterocycles. The van der Waals surface area contributed by atoms with Gasteiger partial charge < -0.3 is 0 Å². The number of rotatable bonds is 5. The summed E-state index contributed by atoms with van der Waals surface area (Å²) in [5.74, 6) is 0. The Bertz CT molecular complexity index is 164. The summed E-state index contributed by atoms with van der Waals surface area (Å²) in [4.78, 5) is 0. The molecule has 0 saturated carbocycles. The van der Waals surface area contributed by atoms with Gasteiger partial charge in [0.1, 0.15) is 0 Å². The molecule has 15 heavy (non-hydrogen) atoms. The van der Waals surface area contributed by atoms with E-state index < -0.39 is 0 Å². The highest BCUT2D eigenvalue weighted by atomic mass is 31.1. The van der Waals surface area contributed by atoms with Crippen molar-refractivity contribution in [2.75, 3.05) is 6.16 Å². The first kappa shape index (κ1) is 11.9. The second-order valence-electron chi connectivity index (χ2n) is 5.47. The van der Waals surface area contributed by atoms with Crippen molar-refractivity contribution in [1.29, 1.82) is 0 Å². The van der Waals surface area contributed by atoms with Crippen LogP contribution in [0.25, 0.3) is 0 Å². The van der Waals surface area contributed by atoms with E-state index in [4.69, 9.17) is 0 Å². The molecule has 88 valence electrons. The van der Waals surface area contributed by atoms with Crippen molar-refractivity contribution in [3.05, 3.63) is 0 Å². The summed E-state index contributed by atoms with van der Waals surface area (Å²) in [7, 11) is 0.474. The minimum atomic E-state index is 0.474. The molecule has 2 aliphatic heterocycles. The smallest absolute Gasteiger partial charge is 0.0206 e. The summed E-state index contributed by atoms with van der Waals surface area (Å²) in [5.41, 5.74) is 2.41. The van der Waals surface area contributed by atoms with Gasteiger partial charge in [-0.2, -0.15) is 0 Å². The van der Waals surface area contributed by atoms with Gasteiger partial charge in [-0.15, -0.1) is 7.92 Å². The molecular formula is C14H27P. The molecule has 2 rings (SSSR count). The van der Waals surface area contributed by atoms with E-state index in [1.54, 1.807) is 51.1 Å². The van der Waals surface area contributed by atoms with Crippen molar-refractivity contribution in [2.45, 2.75) is 82.4 Å². The van der Waals surface area contributed by atoms with Gasteiger partial charge in [-0.3, -0.25) is 0 Å². The van der Waals surface area contributed by atoms with Crippen LogP contribution in [0, 0.1) is 0 Å². The van der Waals surface area contributed by atoms with Gasteiger partial charge in [0.15, 0.2) is 0 Å². The standard InChI is InChI=1S/C14H27P/c1-2-3-4-7-12-15-13-8-5-6-9-14(15)11-10-13/h13-14H,2-12H2,1H3. The molecule has 2 heterocycles. The average Bonchev–Trinajstić information content (AvgIpc) is 2.47. The second-order valence-corrected chi connectivity index (χ2v) is 8.40. The molecule has 0 radical (unpaired) electrons. The van der Waals surface area contributed by atoms with Crippen molar-refractivity contribution in [3.63, 3.8) is 0 Å². The van der Waals surface area contributed by atoms with E-state index in [9.17, 15) is 0 Å². The molecule has 0 aromatic heterocycles. The maximum atomic E-state index is 2.32. The van der Waals surface area contributed by atoms with Crippen LogP contribution in [0.15, 0.2) is 0 Å². The highest BCUT2D eigenvalue weighted by Crippen LogP contribution is 2.60. The Kier molecular flexibility index (Phi) is 4.95. The average molecular weight is 226 g/mol. The first-order valence-electron chi connectivity index (χ1n) is 7.17. The summed E-state index contributed by atoms with van der Waals surface area (Å²) in [6.45, 7) is 2.32. The molecule has 0 aromatic carbocycles.